The van der Waals surface area contributed by atoms with E-state index in [0.29, 0.717) is 5.56 Å². The van der Waals surface area contributed by atoms with Gasteiger partial charge in [0.1, 0.15) is 5.69 Å². The molecule has 1 unspecified atom stereocenters. The van der Waals surface area contributed by atoms with Gasteiger partial charge in [-0.25, -0.2) is 0 Å². The van der Waals surface area contributed by atoms with E-state index in [9.17, 15) is 25.3 Å². The summed E-state index contributed by atoms with van der Waals surface area (Å²) in [6, 6.07) is 11.1. The minimum Gasteiger partial charge on any atom is -0.387 e. The predicted octanol–water partition coefficient (Wildman–Crippen LogP) is 2.52. The molecule has 0 amide bonds. The minimum atomic E-state index is -1.01. The summed E-state index contributed by atoms with van der Waals surface area (Å²) >= 11 is 0. The molecule has 0 saturated carbocycles. The van der Waals surface area contributed by atoms with Gasteiger partial charge >= 0.3 is 0 Å². The lowest BCUT2D eigenvalue weighted by atomic mass is 10.1. The number of nitro groups is 2. The summed E-state index contributed by atoms with van der Waals surface area (Å²) < 4.78 is 0. The van der Waals surface area contributed by atoms with Gasteiger partial charge in [-0.2, -0.15) is 5.26 Å². The maximum atomic E-state index is 11.0. The molecule has 0 spiro atoms. The van der Waals surface area contributed by atoms with Gasteiger partial charge in [0.2, 0.25) is 0 Å². The van der Waals surface area contributed by atoms with Crippen LogP contribution in [-0.4, -0.2) is 21.5 Å². The summed E-state index contributed by atoms with van der Waals surface area (Å²) in [5.41, 5.74) is 0.388. The highest BCUT2D eigenvalue weighted by Crippen LogP contribution is 2.26. The van der Waals surface area contributed by atoms with Crippen LogP contribution < -0.4 is 5.32 Å². The van der Waals surface area contributed by atoms with Gasteiger partial charge in [-0.05, 0) is 29.8 Å². The Morgan fingerprint density at radius 1 is 1.12 bits per heavy atom. The molecule has 2 N–H and O–H groups in total. The number of non-ortho nitro benzene ring substituents is 1. The molecule has 9 heteroatoms. The van der Waals surface area contributed by atoms with Gasteiger partial charge in [0.15, 0.2) is 0 Å². The fraction of sp³-hybridized carbons (Fsp3) is 0.133. The summed E-state index contributed by atoms with van der Waals surface area (Å²) in [5.74, 6) is 0. The molecule has 0 aliphatic carbocycles. The van der Waals surface area contributed by atoms with Crippen molar-refractivity contribution in [3.8, 4) is 6.07 Å². The number of anilines is 1. The minimum absolute atomic E-state index is 0.0372. The van der Waals surface area contributed by atoms with Gasteiger partial charge in [-0.3, -0.25) is 20.2 Å². The Bertz CT molecular complexity index is 814. The van der Waals surface area contributed by atoms with E-state index in [0.717, 1.165) is 6.07 Å². The van der Waals surface area contributed by atoms with Crippen LogP contribution in [0.15, 0.2) is 42.5 Å². The zero-order valence-electron chi connectivity index (χ0n) is 12.2. The fourth-order valence-corrected chi connectivity index (χ4v) is 2.04. The van der Waals surface area contributed by atoms with E-state index in [-0.39, 0.29) is 29.2 Å². The van der Waals surface area contributed by atoms with E-state index in [1.54, 1.807) is 0 Å². The lowest BCUT2D eigenvalue weighted by molar-refractivity contribution is -0.384. The molecule has 1 atom stereocenters. The van der Waals surface area contributed by atoms with Gasteiger partial charge in [0.25, 0.3) is 11.4 Å². The summed E-state index contributed by atoms with van der Waals surface area (Å²) in [6.45, 7) is -0.0372. The number of hydrogen-bond donors (Lipinski definition) is 2. The van der Waals surface area contributed by atoms with Crippen LogP contribution in [-0.2, 0) is 0 Å². The molecular weight excluding hydrogens is 316 g/mol. The van der Waals surface area contributed by atoms with Crippen molar-refractivity contribution in [3.05, 3.63) is 73.8 Å². The van der Waals surface area contributed by atoms with Crippen LogP contribution in [0.25, 0.3) is 0 Å². The van der Waals surface area contributed by atoms with Crippen LogP contribution in [0.4, 0.5) is 17.1 Å². The number of benzene rings is 2. The third kappa shape index (κ3) is 3.82. The van der Waals surface area contributed by atoms with Crippen molar-refractivity contribution in [3.63, 3.8) is 0 Å². The van der Waals surface area contributed by atoms with Crippen molar-refractivity contribution < 1.29 is 15.0 Å². The second-order valence-corrected chi connectivity index (χ2v) is 4.85. The van der Waals surface area contributed by atoms with Crippen LogP contribution in [0.5, 0.6) is 0 Å². The van der Waals surface area contributed by atoms with E-state index in [2.05, 4.69) is 5.32 Å². The van der Waals surface area contributed by atoms with Crippen molar-refractivity contribution in [1.29, 1.82) is 5.26 Å². The molecular formula is C15H12N4O5. The van der Waals surface area contributed by atoms with Crippen LogP contribution in [0.3, 0.4) is 0 Å². The SMILES string of the molecule is N#Cc1ccc(NCC(O)c2ccc([N+](=O)[O-])cc2)c([N+](=O)[O-])c1. The molecule has 0 aliphatic rings. The molecule has 0 fully saturated rings. The number of hydrogen-bond acceptors (Lipinski definition) is 7. The molecule has 0 aliphatic heterocycles. The highest BCUT2D eigenvalue weighted by atomic mass is 16.6. The van der Waals surface area contributed by atoms with Gasteiger partial charge in [0.05, 0.1) is 27.6 Å². The van der Waals surface area contributed by atoms with Crippen LogP contribution in [0, 0.1) is 31.6 Å². The van der Waals surface area contributed by atoms with Crippen molar-refractivity contribution in [2.24, 2.45) is 0 Å². The van der Waals surface area contributed by atoms with Gasteiger partial charge < -0.3 is 10.4 Å². The lowest BCUT2D eigenvalue weighted by Gasteiger charge is -2.13. The van der Waals surface area contributed by atoms with Crippen LogP contribution in [0.2, 0.25) is 0 Å². The number of rotatable bonds is 6. The number of nitro benzene ring substituents is 2. The number of nitriles is 1. The Labute approximate surface area is 136 Å². The Balaban J connectivity index is 2.11. The molecule has 0 bridgehead atoms. The third-order valence-electron chi connectivity index (χ3n) is 3.30. The first-order valence-corrected chi connectivity index (χ1v) is 6.77. The second kappa shape index (κ2) is 7.17. The zero-order chi connectivity index (χ0) is 17.7. The maximum absolute atomic E-state index is 11.0. The number of nitrogens with one attached hydrogen (secondary N) is 1. The summed E-state index contributed by atoms with van der Waals surface area (Å²) in [6.07, 6.45) is -1.01. The average molecular weight is 328 g/mol. The first-order valence-electron chi connectivity index (χ1n) is 6.77. The van der Waals surface area contributed by atoms with E-state index in [4.69, 9.17) is 5.26 Å². The molecule has 0 aromatic heterocycles. The standard InChI is InChI=1S/C15H12N4O5/c16-8-10-1-6-13(14(7-10)19(23)24)17-9-15(20)11-2-4-12(5-3-11)18(21)22/h1-7,15,17,20H,9H2. The van der Waals surface area contributed by atoms with Gasteiger partial charge in [-0.15, -0.1) is 0 Å². The topological polar surface area (TPSA) is 142 Å². The Hall–Kier alpha value is -3.51. The smallest absolute Gasteiger partial charge is 0.293 e. The van der Waals surface area contributed by atoms with E-state index >= 15 is 0 Å². The fourth-order valence-electron chi connectivity index (χ4n) is 2.04. The number of aliphatic hydroxyl groups is 1. The lowest BCUT2D eigenvalue weighted by Crippen LogP contribution is -2.13. The Morgan fingerprint density at radius 3 is 2.33 bits per heavy atom. The molecule has 0 radical (unpaired) electrons. The van der Waals surface area contributed by atoms with E-state index in [1.807, 2.05) is 6.07 Å². The normalized spacial score (nSPS) is 11.3. The van der Waals surface area contributed by atoms with Crippen molar-refractivity contribution in [2.75, 3.05) is 11.9 Å². The van der Waals surface area contributed by atoms with Crippen LogP contribution in [0.1, 0.15) is 17.2 Å². The van der Waals surface area contributed by atoms with E-state index in [1.165, 1.54) is 36.4 Å². The van der Waals surface area contributed by atoms with Crippen molar-refractivity contribution >= 4 is 17.1 Å². The number of aliphatic hydroxyl groups excluding tert-OH is 1. The first-order chi connectivity index (χ1) is 11.4. The molecule has 9 nitrogen and oxygen atoms in total. The zero-order valence-corrected chi connectivity index (χ0v) is 12.2. The molecule has 2 aromatic carbocycles. The molecule has 0 heterocycles. The summed E-state index contributed by atoms with van der Waals surface area (Å²) in [5, 5.41) is 43.2. The van der Waals surface area contributed by atoms with Gasteiger partial charge in [-0.1, -0.05) is 0 Å². The highest BCUT2D eigenvalue weighted by molar-refractivity contribution is 5.64. The van der Waals surface area contributed by atoms with E-state index < -0.39 is 16.0 Å². The van der Waals surface area contributed by atoms with Crippen molar-refractivity contribution in [2.45, 2.75) is 6.10 Å². The predicted molar refractivity (Wildman–Crippen MR) is 84.4 cm³/mol. The van der Waals surface area contributed by atoms with Crippen LogP contribution >= 0.6 is 0 Å². The second-order valence-electron chi connectivity index (χ2n) is 4.85. The highest BCUT2D eigenvalue weighted by Gasteiger charge is 2.16. The molecule has 2 rings (SSSR count). The molecule has 0 saturated heterocycles. The third-order valence-corrected chi connectivity index (χ3v) is 3.30. The molecule has 2 aromatic rings. The summed E-state index contributed by atoms with van der Waals surface area (Å²) in [4.78, 5) is 20.5. The quantitative estimate of drug-likeness (QED) is 0.612. The molecule has 24 heavy (non-hydrogen) atoms. The maximum Gasteiger partial charge on any atom is 0.293 e. The summed E-state index contributed by atoms with van der Waals surface area (Å²) in [7, 11) is 0. The Morgan fingerprint density at radius 2 is 1.79 bits per heavy atom. The largest absolute Gasteiger partial charge is 0.387 e. The monoisotopic (exact) mass is 328 g/mol. The van der Waals surface area contributed by atoms with Gasteiger partial charge in [0, 0.05) is 24.7 Å². The molecule has 122 valence electrons. The average Bonchev–Trinajstić information content (AvgIpc) is 2.59. The number of nitrogens with zero attached hydrogens (tertiary/aromatic N) is 3. The first kappa shape index (κ1) is 16.9. The Kier molecular flexibility index (Phi) is 5.03. The van der Waals surface area contributed by atoms with Crippen molar-refractivity contribution in [1.82, 2.24) is 0 Å².